The molecule has 0 radical (unpaired) electrons. The van der Waals surface area contributed by atoms with Gasteiger partial charge in [-0.25, -0.2) is 13.2 Å². The third-order valence-corrected chi connectivity index (χ3v) is 14.3. The van der Waals surface area contributed by atoms with Crippen LogP contribution >= 0.6 is 11.3 Å². The van der Waals surface area contributed by atoms with Crippen LogP contribution in [0.4, 0.5) is 10.7 Å². The molecule has 1 aromatic heterocycles. The minimum Gasteiger partial charge on any atom is -0.469 e. The van der Waals surface area contributed by atoms with Gasteiger partial charge in [0.15, 0.2) is 0 Å². The lowest BCUT2D eigenvalue weighted by Gasteiger charge is -2.35. The number of hydrogen-bond acceptors (Lipinski definition) is 10. The van der Waals surface area contributed by atoms with E-state index in [0.29, 0.717) is 60.3 Å². The molecule has 316 valence electrons. The monoisotopic (exact) mass is 854 g/mol. The fourth-order valence-electron chi connectivity index (χ4n) is 7.98. The SMILES string of the molecule is COC(=O)c1ccc(CCCc2ccc(NC(=O)c3c(NC(=O)c4cccc(S(=O)(=O)N(CCCN=[N+]=[N-])C5CCC(C(=O)OC)CC5)c4)sc4c3CCCC4)cc2)cc1. The number of carbonyl (C=O) groups is 4. The molecule has 0 unspecified atom stereocenters. The maximum Gasteiger partial charge on any atom is 0.337 e. The van der Waals surface area contributed by atoms with Crippen LogP contribution in [0, 0.1) is 5.92 Å². The van der Waals surface area contributed by atoms with E-state index in [1.165, 1.54) is 54.1 Å². The summed E-state index contributed by atoms with van der Waals surface area (Å²) in [5.41, 5.74) is 13.6. The Hall–Kier alpha value is -5.54. The van der Waals surface area contributed by atoms with E-state index >= 15 is 0 Å². The van der Waals surface area contributed by atoms with Crippen LogP contribution in [0.5, 0.6) is 0 Å². The average molecular weight is 855 g/mol. The fraction of sp³-hybridized carbons (Fsp3) is 0.409. The Morgan fingerprint density at radius 3 is 2.18 bits per heavy atom. The summed E-state index contributed by atoms with van der Waals surface area (Å²) in [5.74, 6) is -1.84. The zero-order valence-electron chi connectivity index (χ0n) is 33.9. The van der Waals surface area contributed by atoms with Crippen LogP contribution in [0.1, 0.15) is 104 Å². The number of esters is 2. The van der Waals surface area contributed by atoms with Crippen molar-refractivity contribution < 1.29 is 37.1 Å². The number of benzene rings is 3. The maximum atomic E-state index is 14.3. The third kappa shape index (κ3) is 10.8. The quantitative estimate of drug-likeness (QED) is 0.0346. The predicted molar refractivity (Wildman–Crippen MR) is 230 cm³/mol. The zero-order chi connectivity index (χ0) is 42.6. The van der Waals surface area contributed by atoms with Crippen LogP contribution in [0.3, 0.4) is 0 Å². The van der Waals surface area contributed by atoms with E-state index in [9.17, 15) is 27.6 Å². The molecule has 16 heteroatoms. The van der Waals surface area contributed by atoms with Crippen molar-refractivity contribution in [1.82, 2.24) is 4.31 Å². The highest BCUT2D eigenvalue weighted by molar-refractivity contribution is 7.89. The second kappa shape index (κ2) is 20.6. The zero-order valence-corrected chi connectivity index (χ0v) is 35.5. The number of nitrogens with zero attached hydrogens (tertiary/aromatic N) is 4. The molecule has 2 aliphatic carbocycles. The molecule has 2 amide bonds. The average Bonchev–Trinajstić information content (AvgIpc) is 3.64. The fourth-order valence-corrected chi connectivity index (χ4v) is 11.0. The molecule has 0 bridgehead atoms. The van der Waals surface area contributed by atoms with E-state index in [4.69, 9.17) is 15.0 Å². The van der Waals surface area contributed by atoms with E-state index in [-0.39, 0.29) is 53.4 Å². The molecule has 3 aromatic carbocycles. The summed E-state index contributed by atoms with van der Waals surface area (Å²) in [6.07, 6.45) is 8.15. The number of methoxy groups -OCH3 is 2. The summed E-state index contributed by atoms with van der Waals surface area (Å²) in [5, 5.41) is 9.96. The number of thiophene rings is 1. The lowest BCUT2D eigenvalue weighted by molar-refractivity contribution is -0.146. The van der Waals surface area contributed by atoms with Crippen LogP contribution < -0.4 is 10.6 Å². The van der Waals surface area contributed by atoms with E-state index in [1.54, 1.807) is 12.1 Å². The van der Waals surface area contributed by atoms with Gasteiger partial charge in [0.05, 0.1) is 36.2 Å². The second-order valence-corrected chi connectivity index (χ2v) is 18.0. The highest BCUT2D eigenvalue weighted by atomic mass is 32.2. The van der Waals surface area contributed by atoms with Crippen LogP contribution in [0.15, 0.2) is 82.8 Å². The predicted octanol–water partition coefficient (Wildman–Crippen LogP) is 8.52. The molecule has 0 atom stereocenters. The first-order chi connectivity index (χ1) is 29.0. The van der Waals surface area contributed by atoms with E-state index in [1.807, 2.05) is 36.4 Å². The molecule has 0 saturated heterocycles. The molecule has 2 N–H and O–H groups in total. The number of carbonyl (C=O) groups excluding carboxylic acids is 4. The molecule has 0 spiro atoms. The minimum absolute atomic E-state index is 0.0600. The molecular weight excluding hydrogens is 805 g/mol. The molecule has 2 aliphatic rings. The maximum absolute atomic E-state index is 14.3. The highest BCUT2D eigenvalue weighted by Gasteiger charge is 2.36. The Balaban J connectivity index is 1.14. The van der Waals surface area contributed by atoms with Crippen molar-refractivity contribution in [1.29, 1.82) is 0 Å². The van der Waals surface area contributed by atoms with Gasteiger partial charge < -0.3 is 20.1 Å². The van der Waals surface area contributed by atoms with E-state index < -0.39 is 15.9 Å². The lowest BCUT2D eigenvalue weighted by atomic mass is 9.86. The summed E-state index contributed by atoms with van der Waals surface area (Å²) >= 11 is 1.38. The van der Waals surface area contributed by atoms with E-state index in [0.717, 1.165) is 60.1 Å². The Labute approximate surface area is 354 Å². The minimum atomic E-state index is -4.12. The standard InChI is InChI=1S/C44H50N6O8S2/c1-57-43(53)31-18-14-29(15-19-31)8-5-9-30-16-22-34(23-17-30)47-41(52)39-37-12-3-4-13-38(37)59-42(39)48-40(51)33-10-6-11-36(28-33)60(55,56)50(27-7-26-46-49-45)35-24-20-32(21-25-35)44(54)58-2/h6,10-11,14-19,22-23,28,32,35H,3-5,7-9,12-13,20-21,24-27H2,1-2H3,(H,47,52)(H,48,51). The molecule has 1 fully saturated rings. The molecule has 1 saturated carbocycles. The largest absolute Gasteiger partial charge is 0.469 e. The van der Waals surface area contributed by atoms with Gasteiger partial charge in [0.1, 0.15) is 5.00 Å². The Kier molecular flexibility index (Phi) is 15.1. The summed E-state index contributed by atoms with van der Waals surface area (Å²) in [4.78, 5) is 55.5. The van der Waals surface area contributed by atoms with Gasteiger partial charge in [-0.3, -0.25) is 14.4 Å². The first kappa shape index (κ1) is 44.0. The van der Waals surface area contributed by atoms with E-state index in [2.05, 4.69) is 20.7 Å². The molecular formula is C44H50N6O8S2. The number of amides is 2. The van der Waals surface area contributed by atoms with Crippen LogP contribution in [0.2, 0.25) is 0 Å². The van der Waals surface area contributed by atoms with Crippen LogP contribution in [0.25, 0.3) is 10.4 Å². The summed E-state index contributed by atoms with van der Waals surface area (Å²) in [6.45, 7) is 0.218. The van der Waals surface area contributed by atoms with Crippen molar-refractivity contribution in [3.8, 4) is 0 Å². The normalized spacial score (nSPS) is 16.2. The third-order valence-electron chi connectivity index (χ3n) is 11.2. The van der Waals surface area contributed by atoms with Gasteiger partial charge >= 0.3 is 11.9 Å². The van der Waals surface area contributed by atoms with Crippen molar-refractivity contribution in [3.63, 3.8) is 0 Å². The Morgan fingerprint density at radius 2 is 1.52 bits per heavy atom. The first-order valence-corrected chi connectivity index (χ1v) is 22.5. The van der Waals surface area contributed by atoms with Gasteiger partial charge in [0.2, 0.25) is 10.0 Å². The van der Waals surface area contributed by atoms with Gasteiger partial charge in [-0.05, 0) is 142 Å². The number of aryl methyl sites for hydroxylation is 3. The Bertz CT molecular complexity index is 2330. The molecule has 4 aromatic rings. The van der Waals surface area contributed by atoms with Crippen molar-refractivity contribution in [2.75, 3.05) is 37.9 Å². The molecule has 1 heterocycles. The number of azide groups is 1. The van der Waals surface area contributed by atoms with Crippen molar-refractivity contribution >= 4 is 55.8 Å². The van der Waals surface area contributed by atoms with Gasteiger partial charge in [-0.2, -0.15) is 4.31 Å². The summed E-state index contributed by atoms with van der Waals surface area (Å²) in [6, 6.07) is 20.6. The molecule has 60 heavy (non-hydrogen) atoms. The lowest BCUT2D eigenvalue weighted by Crippen LogP contribution is -2.43. The Morgan fingerprint density at radius 1 is 0.833 bits per heavy atom. The first-order valence-electron chi connectivity index (χ1n) is 20.3. The molecule has 14 nitrogen and oxygen atoms in total. The van der Waals surface area contributed by atoms with Crippen molar-refractivity contribution in [2.24, 2.45) is 11.0 Å². The number of sulfonamides is 1. The summed E-state index contributed by atoms with van der Waals surface area (Å²) < 4.78 is 39.6. The van der Waals surface area contributed by atoms with Crippen LogP contribution in [-0.4, -0.2) is 69.8 Å². The number of anilines is 2. The van der Waals surface area contributed by atoms with Gasteiger partial charge in [-0.1, -0.05) is 35.4 Å². The van der Waals surface area contributed by atoms with Gasteiger partial charge in [-0.15, -0.1) is 11.3 Å². The number of fused-ring (bicyclic) bond motifs is 1. The number of hydrogen-bond donors (Lipinski definition) is 2. The number of nitrogens with one attached hydrogen (secondary N) is 2. The van der Waals surface area contributed by atoms with Crippen molar-refractivity contribution in [2.45, 2.75) is 88.0 Å². The van der Waals surface area contributed by atoms with Crippen molar-refractivity contribution in [3.05, 3.63) is 121 Å². The molecule has 0 aliphatic heterocycles. The second-order valence-electron chi connectivity index (χ2n) is 15.0. The topological polar surface area (TPSA) is 197 Å². The van der Waals surface area contributed by atoms with Crippen LogP contribution in [-0.2, 0) is 50.0 Å². The number of rotatable bonds is 17. The smallest absolute Gasteiger partial charge is 0.337 e. The molecule has 6 rings (SSSR count). The van der Waals surface area contributed by atoms with Gasteiger partial charge in [0.25, 0.3) is 11.8 Å². The highest BCUT2D eigenvalue weighted by Crippen LogP contribution is 2.39. The number of ether oxygens (including phenoxy) is 2. The van der Waals surface area contributed by atoms with Gasteiger partial charge in [0, 0.05) is 40.2 Å². The summed E-state index contributed by atoms with van der Waals surface area (Å²) in [7, 11) is -1.41.